The third kappa shape index (κ3) is 4.09. The highest BCUT2D eigenvalue weighted by Crippen LogP contribution is 2.63. The molecule has 1 aromatic heterocycles. The number of carbonyl (C=O) groups is 2. The molecule has 2 bridgehead atoms. The number of pyridine rings is 1. The van der Waals surface area contributed by atoms with Crippen molar-refractivity contribution in [3.8, 4) is 11.5 Å². The molecule has 1 heterocycles. The summed E-state index contributed by atoms with van der Waals surface area (Å²) in [4.78, 5) is 29.2. The van der Waals surface area contributed by atoms with Crippen LogP contribution in [0.3, 0.4) is 0 Å². The number of hydrogen-bond donors (Lipinski definition) is 2. The van der Waals surface area contributed by atoms with Crippen LogP contribution < -0.4 is 14.8 Å². The van der Waals surface area contributed by atoms with Crippen molar-refractivity contribution >= 4 is 18.0 Å². The first-order valence-corrected chi connectivity index (χ1v) is 11.8. The largest absolute Gasteiger partial charge is 0.493 e. The van der Waals surface area contributed by atoms with Crippen LogP contribution in [-0.2, 0) is 16.0 Å². The number of benzene rings is 1. The van der Waals surface area contributed by atoms with Gasteiger partial charge >= 0.3 is 0 Å². The van der Waals surface area contributed by atoms with E-state index in [1.165, 1.54) is 0 Å². The van der Waals surface area contributed by atoms with Gasteiger partial charge in [0.1, 0.15) is 12.1 Å². The lowest BCUT2D eigenvalue weighted by atomic mass is 9.62. The number of ether oxygens (including phenoxy) is 2. The van der Waals surface area contributed by atoms with Gasteiger partial charge in [-0.05, 0) is 72.3 Å². The number of nitrogens with zero attached hydrogens (tertiary/aromatic N) is 1. The Morgan fingerprint density at radius 1 is 1.15 bits per heavy atom. The number of amides is 1. The number of rotatable bonds is 9. The van der Waals surface area contributed by atoms with Crippen LogP contribution in [0.15, 0.2) is 48.7 Å². The number of fused-ring (bicyclic) bond motifs is 1. The topological polar surface area (TPSA) is 97.8 Å². The summed E-state index contributed by atoms with van der Waals surface area (Å²) in [5, 5.41) is 13.5. The standard InChI is InChI=1S/C27H30N2O5/c1-33-23-9-4-15(11-24(23)34-2)3-8-22(31)16-5-10-25(28-13-16)29-27(32)26-18-7-6-17(21(26)14-30)19-12-20(18)19/h4-7,9-11,13-14,17-22,26,31H,3,8,12H2,1-2H3,(H,28,29,32). The van der Waals surface area contributed by atoms with Crippen LogP contribution in [0.1, 0.15) is 30.1 Å². The van der Waals surface area contributed by atoms with E-state index >= 15 is 0 Å². The Balaban J connectivity index is 1.19. The molecule has 1 aromatic carbocycles. The van der Waals surface area contributed by atoms with Crippen molar-refractivity contribution in [1.29, 1.82) is 0 Å². The minimum Gasteiger partial charge on any atom is -0.493 e. The Morgan fingerprint density at radius 2 is 1.91 bits per heavy atom. The average molecular weight is 463 g/mol. The quantitative estimate of drug-likeness (QED) is 0.437. The summed E-state index contributed by atoms with van der Waals surface area (Å²) in [7, 11) is 3.19. The Bertz CT molecular complexity index is 1100. The van der Waals surface area contributed by atoms with E-state index in [-0.39, 0.29) is 29.6 Å². The molecular weight excluding hydrogens is 432 g/mol. The summed E-state index contributed by atoms with van der Waals surface area (Å²) in [6.45, 7) is 0. The van der Waals surface area contributed by atoms with Gasteiger partial charge in [-0.15, -0.1) is 0 Å². The molecule has 0 saturated heterocycles. The van der Waals surface area contributed by atoms with Gasteiger partial charge in [0.05, 0.1) is 26.2 Å². The molecule has 7 nitrogen and oxygen atoms in total. The third-order valence-corrected chi connectivity index (χ3v) is 7.75. The molecular formula is C27H30N2O5. The lowest BCUT2D eigenvalue weighted by molar-refractivity contribution is -0.130. The van der Waals surface area contributed by atoms with Gasteiger partial charge in [0.2, 0.25) is 5.91 Å². The molecule has 7 heteroatoms. The first kappa shape index (κ1) is 22.6. The lowest BCUT2D eigenvalue weighted by Gasteiger charge is -2.41. The second kappa shape index (κ2) is 9.22. The second-order valence-corrected chi connectivity index (χ2v) is 9.55. The first-order valence-electron chi connectivity index (χ1n) is 11.8. The number of methoxy groups -OCH3 is 2. The fourth-order valence-electron chi connectivity index (χ4n) is 5.88. The van der Waals surface area contributed by atoms with Crippen molar-refractivity contribution in [2.75, 3.05) is 19.5 Å². The number of aldehydes is 1. The van der Waals surface area contributed by atoms with E-state index in [0.29, 0.717) is 47.6 Å². The van der Waals surface area contributed by atoms with Crippen molar-refractivity contribution in [1.82, 2.24) is 4.98 Å². The molecule has 178 valence electrons. The molecule has 2 N–H and O–H groups in total. The van der Waals surface area contributed by atoms with Gasteiger partial charge in [0.15, 0.2) is 11.5 Å². The van der Waals surface area contributed by atoms with Gasteiger partial charge in [-0.25, -0.2) is 4.98 Å². The molecule has 34 heavy (non-hydrogen) atoms. The van der Waals surface area contributed by atoms with Crippen LogP contribution in [0.25, 0.3) is 0 Å². The van der Waals surface area contributed by atoms with Crippen molar-refractivity contribution in [3.63, 3.8) is 0 Å². The molecule has 7 unspecified atom stereocenters. The highest BCUT2D eigenvalue weighted by molar-refractivity contribution is 5.94. The Labute approximate surface area is 199 Å². The molecule has 2 aromatic rings. The van der Waals surface area contributed by atoms with Crippen LogP contribution in [0.4, 0.5) is 5.82 Å². The number of hydrogen-bond acceptors (Lipinski definition) is 6. The minimum absolute atomic E-state index is 0.142. The third-order valence-electron chi connectivity index (χ3n) is 7.75. The van der Waals surface area contributed by atoms with Gasteiger partial charge in [-0.3, -0.25) is 4.79 Å². The van der Waals surface area contributed by atoms with E-state index < -0.39 is 6.10 Å². The highest BCUT2D eigenvalue weighted by Gasteiger charge is 2.61. The fourth-order valence-corrected chi connectivity index (χ4v) is 5.88. The van der Waals surface area contributed by atoms with E-state index in [4.69, 9.17) is 9.47 Å². The molecule has 4 aliphatic carbocycles. The normalized spacial score (nSPS) is 29.1. The van der Waals surface area contributed by atoms with Crippen molar-refractivity contribution in [3.05, 3.63) is 59.8 Å². The molecule has 0 aliphatic heterocycles. The number of nitrogens with one attached hydrogen (secondary N) is 1. The molecule has 2 saturated carbocycles. The predicted octanol–water partition coefficient (Wildman–Crippen LogP) is 3.59. The number of aliphatic hydroxyl groups excluding tert-OH is 1. The molecule has 1 amide bonds. The zero-order valence-corrected chi connectivity index (χ0v) is 19.4. The molecule has 0 radical (unpaired) electrons. The maximum Gasteiger partial charge on any atom is 0.229 e. The van der Waals surface area contributed by atoms with Crippen molar-refractivity contribution in [2.45, 2.75) is 25.4 Å². The fraction of sp³-hybridized carbons (Fsp3) is 0.444. The number of allylic oxidation sites excluding steroid dienone is 2. The predicted molar refractivity (Wildman–Crippen MR) is 126 cm³/mol. The number of anilines is 1. The first-order chi connectivity index (χ1) is 16.5. The summed E-state index contributed by atoms with van der Waals surface area (Å²) in [6.07, 6.45) is 8.44. The molecule has 6 rings (SSSR count). The van der Waals surface area contributed by atoms with E-state index in [1.807, 2.05) is 18.2 Å². The summed E-state index contributed by atoms with van der Waals surface area (Å²) in [5.74, 6) is 2.49. The SMILES string of the molecule is COc1ccc(CCC(O)c2ccc(NC(=O)C3C(C=O)C4C=CC3C3CC43)nc2)cc1OC. The Morgan fingerprint density at radius 3 is 2.62 bits per heavy atom. The van der Waals surface area contributed by atoms with Gasteiger partial charge in [0.25, 0.3) is 0 Å². The Hall–Kier alpha value is -3.19. The van der Waals surface area contributed by atoms with E-state index in [0.717, 1.165) is 18.3 Å². The smallest absolute Gasteiger partial charge is 0.229 e. The zero-order chi connectivity index (χ0) is 23.8. The molecule has 0 spiro atoms. The lowest BCUT2D eigenvalue weighted by Crippen LogP contribution is -2.45. The monoisotopic (exact) mass is 462 g/mol. The zero-order valence-electron chi connectivity index (χ0n) is 19.4. The molecule has 2 fully saturated rings. The number of aromatic nitrogens is 1. The van der Waals surface area contributed by atoms with E-state index in [9.17, 15) is 14.7 Å². The van der Waals surface area contributed by atoms with E-state index in [2.05, 4.69) is 22.5 Å². The number of aryl methyl sites for hydroxylation is 1. The van der Waals surface area contributed by atoms with Crippen LogP contribution in [0, 0.1) is 35.5 Å². The number of carbonyl (C=O) groups excluding carboxylic acids is 2. The van der Waals surface area contributed by atoms with Gasteiger partial charge in [0, 0.05) is 12.1 Å². The van der Waals surface area contributed by atoms with Crippen LogP contribution in [0.2, 0.25) is 0 Å². The highest BCUT2D eigenvalue weighted by atomic mass is 16.5. The van der Waals surface area contributed by atoms with Crippen LogP contribution >= 0.6 is 0 Å². The van der Waals surface area contributed by atoms with Gasteiger partial charge < -0.3 is 24.7 Å². The van der Waals surface area contributed by atoms with Crippen LogP contribution in [-0.4, -0.2) is 36.5 Å². The van der Waals surface area contributed by atoms with Crippen molar-refractivity contribution < 1.29 is 24.2 Å². The Kier molecular flexibility index (Phi) is 6.13. The minimum atomic E-state index is -0.684. The number of aliphatic hydroxyl groups is 1. The maximum atomic E-state index is 13.1. The second-order valence-electron chi connectivity index (χ2n) is 9.55. The van der Waals surface area contributed by atoms with Gasteiger partial charge in [-0.2, -0.15) is 0 Å². The average Bonchev–Trinajstić information content (AvgIpc) is 3.70. The summed E-state index contributed by atoms with van der Waals surface area (Å²) in [5.41, 5.74) is 1.72. The maximum absolute atomic E-state index is 13.1. The summed E-state index contributed by atoms with van der Waals surface area (Å²) in [6, 6.07) is 9.20. The van der Waals surface area contributed by atoms with E-state index in [1.54, 1.807) is 32.5 Å². The summed E-state index contributed by atoms with van der Waals surface area (Å²) >= 11 is 0. The molecule has 7 atom stereocenters. The molecule has 4 aliphatic rings. The van der Waals surface area contributed by atoms with Crippen molar-refractivity contribution in [2.24, 2.45) is 35.5 Å². The van der Waals surface area contributed by atoms with Gasteiger partial charge in [-0.1, -0.05) is 24.3 Å². The summed E-state index contributed by atoms with van der Waals surface area (Å²) < 4.78 is 10.6. The van der Waals surface area contributed by atoms with Crippen LogP contribution in [0.5, 0.6) is 11.5 Å².